The molecule has 0 spiro atoms. The molecular weight excluding hydrogens is 475 g/mol. The molecule has 1 aromatic rings. The number of aryl methyl sites for hydroxylation is 1. The molecule has 0 aliphatic carbocycles. The van der Waals surface area contributed by atoms with Crippen molar-refractivity contribution in [3.8, 4) is 0 Å². The number of piperazine rings is 1. The summed E-state index contributed by atoms with van der Waals surface area (Å²) in [6.45, 7) is 9.65. The monoisotopic (exact) mass is 506 g/mol. The lowest BCUT2D eigenvalue weighted by Gasteiger charge is -2.37. The van der Waals surface area contributed by atoms with Crippen molar-refractivity contribution in [2.75, 3.05) is 39.3 Å². The van der Waals surface area contributed by atoms with Crippen LogP contribution in [0.25, 0.3) is 0 Å². The molecule has 27 heavy (non-hydrogen) atoms. The Balaban J connectivity index is 0.00000261. The zero-order chi connectivity index (χ0) is 18.4. The molecule has 6 nitrogen and oxygen atoms in total. The lowest BCUT2D eigenvalue weighted by molar-refractivity contribution is -0.142. The Morgan fingerprint density at radius 3 is 2.52 bits per heavy atom. The fourth-order valence-electron chi connectivity index (χ4n) is 3.39. The first-order chi connectivity index (χ1) is 12.7. The fraction of sp³-hybridized carbons (Fsp3) is 0.684. The van der Waals surface area contributed by atoms with Gasteiger partial charge in [-0.3, -0.25) is 4.79 Å². The third kappa shape index (κ3) is 6.05. The minimum Gasteiger partial charge on any atom is -0.368 e. The van der Waals surface area contributed by atoms with E-state index in [1.165, 1.54) is 9.75 Å². The third-order valence-corrected chi connectivity index (χ3v) is 6.10. The van der Waals surface area contributed by atoms with E-state index in [0.29, 0.717) is 6.54 Å². The average Bonchev–Trinajstić information content (AvgIpc) is 3.36. The van der Waals surface area contributed by atoms with Crippen LogP contribution in [0.5, 0.6) is 0 Å². The van der Waals surface area contributed by atoms with E-state index >= 15 is 0 Å². The molecule has 1 atom stereocenters. The van der Waals surface area contributed by atoms with Crippen LogP contribution in [0.1, 0.15) is 36.4 Å². The third-order valence-electron chi connectivity index (χ3n) is 4.88. The number of halogens is 1. The first-order valence-corrected chi connectivity index (χ1v) is 10.5. The van der Waals surface area contributed by atoms with Crippen molar-refractivity contribution in [2.24, 2.45) is 4.99 Å². The van der Waals surface area contributed by atoms with Crippen LogP contribution in [0.3, 0.4) is 0 Å². The minimum atomic E-state index is -0.213. The minimum absolute atomic E-state index is 0. The van der Waals surface area contributed by atoms with E-state index in [-0.39, 0.29) is 36.0 Å². The molecule has 1 amide bonds. The molecule has 0 saturated carbocycles. The van der Waals surface area contributed by atoms with Gasteiger partial charge in [0.25, 0.3) is 5.91 Å². The summed E-state index contributed by atoms with van der Waals surface area (Å²) in [5, 5.41) is 3.39. The van der Waals surface area contributed by atoms with Crippen molar-refractivity contribution < 1.29 is 9.53 Å². The number of carbonyl (C=O) groups excluding carboxylic acids is 1. The van der Waals surface area contributed by atoms with E-state index in [0.717, 1.165) is 64.6 Å². The average molecular weight is 506 g/mol. The maximum absolute atomic E-state index is 12.5. The van der Waals surface area contributed by atoms with Gasteiger partial charge in [0.1, 0.15) is 6.10 Å². The standard InChI is InChI=1S/C19H30N4O2S.HI/c1-3-15-7-8-16(26-15)14-21-19(20-4-2)23-11-9-22(10-12-23)18(24)17-6-5-13-25-17;/h7-8,17H,3-6,9-14H2,1-2H3,(H,20,21);1H. The molecule has 152 valence electrons. The van der Waals surface area contributed by atoms with Gasteiger partial charge in [0.05, 0.1) is 6.54 Å². The molecule has 0 radical (unpaired) electrons. The molecule has 1 unspecified atom stereocenters. The second-order valence-corrected chi connectivity index (χ2v) is 7.96. The van der Waals surface area contributed by atoms with E-state index in [9.17, 15) is 4.79 Å². The van der Waals surface area contributed by atoms with Gasteiger partial charge >= 0.3 is 0 Å². The van der Waals surface area contributed by atoms with Crippen molar-refractivity contribution in [3.05, 3.63) is 21.9 Å². The van der Waals surface area contributed by atoms with Gasteiger partial charge in [0.2, 0.25) is 0 Å². The fourth-order valence-corrected chi connectivity index (χ4v) is 4.27. The Bertz CT molecular complexity index is 623. The molecule has 0 aromatic carbocycles. The van der Waals surface area contributed by atoms with Crippen LogP contribution in [0.2, 0.25) is 0 Å². The van der Waals surface area contributed by atoms with Crippen LogP contribution in [0.15, 0.2) is 17.1 Å². The van der Waals surface area contributed by atoms with E-state index in [1.807, 2.05) is 16.2 Å². The zero-order valence-electron chi connectivity index (χ0n) is 16.3. The predicted molar refractivity (Wildman–Crippen MR) is 121 cm³/mol. The predicted octanol–water partition coefficient (Wildman–Crippen LogP) is 2.72. The maximum atomic E-state index is 12.5. The number of nitrogens with zero attached hydrogens (tertiary/aromatic N) is 3. The first-order valence-electron chi connectivity index (χ1n) is 9.72. The smallest absolute Gasteiger partial charge is 0.251 e. The molecule has 1 N–H and O–H groups in total. The second-order valence-electron chi connectivity index (χ2n) is 6.71. The normalized spacial score (nSPS) is 20.5. The van der Waals surface area contributed by atoms with Crippen LogP contribution in [0.4, 0.5) is 0 Å². The van der Waals surface area contributed by atoms with Gasteiger partial charge in [-0.1, -0.05) is 6.92 Å². The summed E-state index contributed by atoms with van der Waals surface area (Å²) in [6.07, 6.45) is 2.73. The Morgan fingerprint density at radius 1 is 1.22 bits per heavy atom. The number of hydrogen-bond donors (Lipinski definition) is 1. The Labute approximate surface area is 183 Å². The zero-order valence-corrected chi connectivity index (χ0v) is 19.4. The van der Waals surface area contributed by atoms with Gasteiger partial charge in [-0.15, -0.1) is 35.3 Å². The number of amides is 1. The molecular formula is C19H31IN4O2S. The van der Waals surface area contributed by atoms with Crippen molar-refractivity contribution in [2.45, 2.75) is 45.8 Å². The molecule has 2 aliphatic heterocycles. The van der Waals surface area contributed by atoms with E-state index in [4.69, 9.17) is 9.73 Å². The molecule has 2 aliphatic rings. The number of guanidine groups is 1. The lowest BCUT2D eigenvalue weighted by atomic mass is 10.2. The summed E-state index contributed by atoms with van der Waals surface area (Å²) in [5.74, 6) is 1.11. The lowest BCUT2D eigenvalue weighted by Crippen LogP contribution is -2.55. The van der Waals surface area contributed by atoms with Crippen molar-refractivity contribution >= 4 is 47.2 Å². The first kappa shape index (κ1) is 22.4. The van der Waals surface area contributed by atoms with Gasteiger partial charge in [0, 0.05) is 49.1 Å². The molecule has 8 heteroatoms. The number of nitrogens with one attached hydrogen (secondary N) is 1. The van der Waals surface area contributed by atoms with Gasteiger partial charge in [-0.05, 0) is 38.3 Å². The highest BCUT2D eigenvalue weighted by Crippen LogP contribution is 2.18. The van der Waals surface area contributed by atoms with Crippen LogP contribution in [-0.2, 0) is 22.5 Å². The largest absolute Gasteiger partial charge is 0.368 e. The Hall–Kier alpha value is -0.870. The Kier molecular flexibility index (Phi) is 9.31. The summed E-state index contributed by atoms with van der Waals surface area (Å²) < 4.78 is 5.54. The quantitative estimate of drug-likeness (QED) is 0.379. The summed E-state index contributed by atoms with van der Waals surface area (Å²) in [6, 6.07) is 4.37. The maximum Gasteiger partial charge on any atom is 0.251 e. The number of aliphatic imine (C=N–C) groups is 1. The Morgan fingerprint density at radius 2 is 1.93 bits per heavy atom. The van der Waals surface area contributed by atoms with Crippen molar-refractivity contribution in [3.63, 3.8) is 0 Å². The van der Waals surface area contributed by atoms with Crippen LogP contribution < -0.4 is 5.32 Å². The van der Waals surface area contributed by atoms with E-state index in [2.05, 4.69) is 36.2 Å². The molecule has 3 heterocycles. The summed E-state index contributed by atoms with van der Waals surface area (Å²) in [4.78, 5) is 24.2. The van der Waals surface area contributed by atoms with E-state index < -0.39 is 0 Å². The summed E-state index contributed by atoms with van der Waals surface area (Å²) in [7, 11) is 0. The SMILES string of the molecule is CCNC(=NCc1ccc(CC)s1)N1CCN(C(=O)C2CCCO2)CC1.I. The van der Waals surface area contributed by atoms with E-state index in [1.54, 1.807) is 0 Å². The van der Waals surface area contributed by atoms with Gasteiger partial charge < -0.3 is 19.9 Å². The van der Waals surface area contributed by atoms with Crippen molar-refractivity contribution in [1.29, 1.82) is 0 Å². The highest BCUT2D eigenvalue weighted by atomic mass is 127. The molecule has 0 bridgehead atoms. The molecule has 3 rings (SSSR count). The van der Waals surface area contributed by atoms with Crippen LogP contribution in [0, 0.1) is 0 Å². The second kappa shape index (κ2) is 11.2. The van der Waals surface area contributed by atoms with Gasteiger partial charge in [0.15, 0.2) is 5.96 Å². The number of rotatable bonds is 5. The molecule has 2 saturated heterocycles. The molecule has 2 fully saturated rings. The van der Waals surface area contributed by atoms with Gasteiger partial charge in [-0.2, -0.15) is 0 Å². The van der Waals surface area contributed by atoms with Crippen LogP contribution >= 0.6 is 35.3 Å². The molecule has 1 aromatic heterocycles. The number of thiophene rings is 1. The number of carbonyl (C=O) groups is 1. The summed E-state index contributed by atoms with van der Waals surface area (Å²) in [5.41, 5.74) is 0. The number of ether oxygens (including phenoxy) is 1. The van der Waals surface area contributed by atoms with Crippen molar-refractivity contribution in [1.82, 2.24) is 15.1 Å². The van der Waals surface area contributed by atoms with Crippen LogP contribution in [-0.4, -0.2) is 67.1 Å². The van der Waals surface area contributed by atoms with Gasteiger partial charge in [-0.25, -0.2) is 4.99 Å². The highest BCUT2D eigenvalue weighted by Gasteiger charge is 2.30. The highest BCUT2D eigenvalue weighted by molar-refractivity contribution is 14.0. The number of hydrogen-bond acceptors (Lipinski definition) is 4. The summed E-state index contributed by atoms with van der Waals surface area (Å²) >= 11 is 1.84. The topological polar surface area (TPSA) is 57.2 Å².